The largest absolute Gasteiger partial charge is 0.337 e. The lowest BCUT2D eigenvalue weighted by Crippen LogP contribution is -2.34. The molecule has 0 aliphatic carbocycles. The number of carbonyl (C=O) groups excluding carboxylic acids is 2. The van der Waals surface area contributed by atoms with Gasteiger partial charge in [-0.05, 0) is 32.4 Å². The number of benzene rings is 1. The average molecular weight is 355 g/mol. The molecular formula is C19H21N3O2S. The molecule has 1 spiro atoms. The number of nitrogens with zero attached hydrogens (tertiary/aromatic N) is 3. The van der Waals surface area contributed by atoms with Crippen molar-refractivity contribution in [3.8, 4) is 0 Å². The topological polar surface area (TPSA) is 53.5 Å². The van der Waals surface area contributed by atoms with Gasteiger partial charge in [0, 0.05) is 42.5 Å². The zero-order valence-electron chi connectivity index (χ0n) is 14.5. The van der Waals surface area contributed by atoms with Crippen LogP contribution in [0.5, 0.6) is 0 Å². The molecule has 5 nitrogen and oxygen atoms in total. The average Bonchev–Trinajstić information content (AvgIpc) is 3.28. The minimum Gasteiger partial charge on any atom is -0.337 e. The van der Waals surface area contributed by atoms with E-state index in [1.54, 1.807) is 0 Å². The predicted molar refractivity (Wildman–Crippen MR) is 98.0 cm³/mol. The standard InChI is InChI=1S/C19H21N3O2S/c1-13-3-5-15(6-4-13)22-12-19(9-17(22)23)7-8-21(11-19)18(24)16-10-25-14(2)20-16/h3-6,10H,7-9,11-12H2,1-2H3/t19-/m1/s1. The minimum absolute atomic E-state index is 0.0116. The van der Waals surface area contributed by atoms with Crippen LogP contribution in [-0.2, 0) is 4.79 Å². The van der Waals surface area contributed by atoms with Crippen LogP contribution in [0.25, 0.3) is 0 Å². The number of hydrogen-bond donors (Lipinski definition) is 0. The summed E-state index contributed by atoms with van der Waals surface area (Å²) in [7, 11) is 0. The van der Waals surface area contributed by atoms with Crippen molar-refractivity contribution in [3.63, 3.8) is 0 Å². The zero-order chi connectivity index (χ0) is 17.6. The van der Waals surface area contributed by atoms with Gasteiger partial charge in [0.1, 0.15) is 5.69 Å². The number of hydrogen-bond acceptors (Lipinski definition) is 4. The normalized spacial score (nSPS) is 23.0. The Kier molecular flexibility index (Phi) is 3.87. The number of carbonyl (C=O) groups is 2. The molecule has 4 rings (SSSR count). The van der Waals surface area contributed by atoms with Crippen LogP contribution in [0.15, 0.2) is 29.6 Å². The maximum Gasteiger partial charge on any atom is 0.273 e. The first kappa shape index (κ1) is 16.3. The fourth-order valence-corrected chi connectivity index (χ4v) is 4.45. The lowest BCUT2D eigenvalue weighted by Gasteiger charge is -2.24. The Bertz CT molecular complexity index is 829. The predicted octanol–water partition coefficient (Wildman–Crippen LogP) is 3.03. The third kappa shape index (κ3) is 2.95. The Morgan fingerprint density at radius 2 is 1.96 bits per heavy atom. The van der Waals surface area contributed by atoms with Crippen LogP contribution in [0.2, 0.25) is 0 Å². The Labute approximate surface area is 151 Å². The van der Waals surface area contributed by atoms with Gasteiger partial charge >= 0.3 is 0 Å². The molecule has 6 heteroatoms. The SMILES string of the molecule is Cc1ccc(N2C[C@]3(CCN(C(=O)c4csc(C)n4)C3)CC2=O)cc1. The molecule has 0 N–H and O–H groups in total. The van der Waals surface area contributed by atoms with Gasteiger partial charge in [-0.25, -0.2) is 4.98 Å². The molecule has 0 radical (unpaired) electrons. The van der Waals surface area contributed by atoms with E-state index in [1.807, 2.05) is 53.3 Å². The van der Waals surface area contributed by atoms with E-state index in [0.717, 1.165) is 17.1 Å². The highest BCUT2D eigenvalue weighted by Gasteiger charge is 2.49. The van der Waals surface area contributed by atoms with Crippen molar-refractivity contribution in [2.24, 2.45) is 5.41 Å². The van der Waals surface area contributed by atoms with Crippen LogP contribution in [-0.4, -0.2) is 41.3 Å². The van der Waals surface area contributed by atoms with Crippen molar-refractivity contribution in [3.05, 3.63) is 45.9 Å². The Morgan fingerprint density at radius 1 is 1.20 bits per heavy atom. The lowest BCUT2D eigenvalue weighted by molar-refractivity contribution is -0.117. The quantitative estimate of drug-likeness (QED) is 0.832. The van der Waals surface area contributed by atoms with Crippen LogP contribution >= 0.6 is 11.3 Å². The number of aryl methyl sites for hydroxylation is 2. The summed E-state index contributed by atoms with van der Waals surface area (Å²) in [6, 6.07) is 8.07. The summed E-state index contributed by atoms with van der Waals surface area (Å²) in [5.74, 6) is 0.144. The van der Waals surface area contributed by atoms with E-state index in [0.29, 0.717) is 31.7 Å². The monoisotopic (exact) mass is 355 g/mol. The maximum atomic E-state index is 12.6. The molecule has 1 aromatic carbocycles. The van der Waals surface area contributed by atoms with Gasteiger partial charge in [0.15, 0.2) is 0 Å². The van der Waals surface area contributed by atoms with Gasteiger partial charge in [-0.3, -0.25) is 9.59 Å². The molecule has 0 bridgehead atoms. The van der Waals surface area contributed by atoms with Crippen molar-refractivity contribution in [2.45, 2.75) is 26.7 Å². The van der Waals surface area contributed by atoms with Crippen molar-refractivity contribution >= 4 is 28.8 Å². The third-order valence-electron chi connectivity index (χ3n) is 5.23. The summed E-state index contributed by atoms with van der Waals surface area (Å²) in [6.07, 6.45) is 1.39. The molecule has 2 aliphatic heterocycles. The molecule has 1 atom stereocenters. The van der Waals surface area contributed by atoms with Crippen LogP contribution in [0, 0.1) is 19.3 Å². The fourth-order valence-electron chi connectivity index (χ4n) is 3.86. The van der Waals surface area contributed by atoms with Crippen LogP contribution in [0.4, 0.5) is 5.69 Å². The molecule has 0 unspecified atom stereocenters. The van der Waals surface area contributed by atoms with Gasteiger partial charge in [0.05, 0.1) is 5.01 Å². The number of aromatic nitrogens is 1. The highest BCUT2D eigenvalue weighted by atomic mass is 32.1. The van der Waals surface area contributed by atoms with Crippen LogP contribution in [0.3, 0.4) is 0 Å². The molecule has 0 saturated carbocycles. The molecule has 1 aromatic heterocycles. The summed E-state index contributed by atoms with van der Waals surface area (Å²) in [5.41, 5.74) is 2.54. The molecule has 2 saturated heterocycles. The highest BCUT2D eigenvalue weighted by molar-refractivity contribution is 7.09. The molecule has 2 aromatic rings. The highest BCUT2D eigenvalue weighted by Crippen LogP contribution is 2.42. The summed E-state index contributed by atoms with van der Waals surface area (Å²) < 4.78 is 0. The van der Waals surface area contributed by atoms with E-state index >= 15 is 0 Å². The van der Waals surface area contributed by atoms with Gasteiger partial charge in [-0.1, -0.05) is 17.7 Å². The van der Waals surface area contributed by atoms with Gasteiger partial charge in [-0.15, -0.1) is 11.3 Å². The van der Waals surface area contributed by atoms with E-state index in [2.05, 4.69) is 4.98 Å². The van der Waals surface area contributed by atoms with E-state index in [1.165, 1.54) is 16.9 Å². The smallest absolute Gasteiger partial charge is 0.273 e. The van der Waals surface area contributed by atoms with Gasteiger partial charge < -0.3 is 9.80 Å². The number of rotatable bonds is 2. The summed E-state index contributed by atoms with van der Waals surface area (Å²) >= 11 is 1.49. The molecule has 25 heavy (non-hydrogen) atoms. The summed E-state index contributed by atoms with van der Waals surface area (Å²) in [4.78, 5) is 33.3. The van der Waals surface area contributed by atoms with E-state index in [9.17, 15) is 9.59 Å². The first-order valence-corrected chi connectivity index (χ1v) is 9.42. The van der Waals surface area contributed by atoms with E-state index in [-0.39, 0.29) is 17.2 Å². The van der Waals surface area contributed by atoms with E-state index < -0.39 is 0 Å². The second-order valence-electron chi connectivity index (χ2n) is 7.22. The zero-order valence-corrected chi connectivity index (χ0v) is 15.3. The number of amides is 2. The van der Waals surface area contributed by atoms with Crippen LogP contribution < -0.4 is 4.90 Å². The third-order valence-corrected chi connectivity index (χ3v) is 6.00. The van der Waals surface area contributed by atoms with Crippen molar-refractivity contribution in [1.82, 2.24) is 9.88 Å². The van der Waals surface area contributed by atoms with Gasteiger partial charge in [-0.2, -0.15) is 0 Å². The molecule has 2 fully saturated rings. The molecule has 130 valence electrons. The Morgan fingerprint density at radius 3 is 2.64 bits per heavy atom. The Balaban J connectivity index is 1.50. The molecule has 2 amide bonds. The molecule has 2 aliphatic rings. The molecule has 3 heterocycles. The van der Waals surface area contributed by atoms with Crippen molar-refractivity contribution in [2.75, 3.05) is 24.5 Å². The number of likely N-dealkylation sites (tertiary alicyclic amines) is 1. The fraction of sp³-hybridized carbons (Fsp3) is 0.421. The van der Waals surface area contributed by atoms with Gasteiger partial charge in [0.25, 0.3) is 5.91 Å². The maximum absolute atomic E-state index is 12.6. The summed E-state index contributed by atoms with van der Waals surface area (Å²) in [5, 5.41) is 2.72. The first-order valence-electron chi connectivity index (χ1n) is 8.54. The summed E-state index contributed by atoms with van der Waals surface area (Å²) in [6.45, 7) is 5.97. The molecular weight excluding hydrogens is 334 g/mol. The second kappa shape index (κ2) is 5.95. The van der Waals surface area contributed by atoms with Gasteiger partial charge in [0.2, 0.25) is 5.91 Å². The lowest BCUT2D eigenvalue weighted by atomic mass is 9.86. The number of anilines is 1. The number of thiazole rings is 1. The van der Waals surface area contributed by atoms with E-state index in [4.69, 9.17) is 0 Å². The second-order valence-corrected chi connectivity index (χ2v) is 8.28. The Hall–Kier alpha value is -2.21. The van der Waals surface area contributed by atoms with Crippen LogP contribution in [0.1, 0.15) is 33.9 Å². The first-order chi connectivity index (χ1) is 12.0. The minimum atomic E-state index is -0.122. The van der Waals surface area contributed by atoms with Crippen molar-refractivity contribution in [1.29, 1.82) is 0 Å². The van der Waals surface area contributed by atoms with Crippen molar-refractivity contribution < 1.29 is 9.59 Å².